The maximum Gasteiger partial charge on any atom is 0.293 e. The summed E-state index contributed by atoms with van der Waals surface area (Å²) >= 11 is 27.7. The van der Waals surface area contributed by atoms with Gasteiger partial charge in [-0.3, -0.25) is 0 Å². The molecule has 53 heavy (non-hydrogen) atoms. The Hall–Kier alpha value is -4.68. The van der Waals surface area contributed by atoms with Crippen molar-refractivity contribution in [2.75, 3.05) is 0 Å². The molecule has 4 atom stereocenters. The fraction of sp³-hybridized carbons (Fsp3) is 0.263. The molecule has 4 aliphatic rings. The van der Waals surface area contributed by atoms with E-state index in [1.807, 2.05) is 74.6 Å². The number of nitrogens with zero attached hydrogens (tertiary/aromatic N) is 6. The molecule has 0 saturated heterocycles. The molecule has 4 heterocycles. The molecule has 2 aromatic carbocycles. The molecule has 11 nitrogen and oxygen atoms in total. The first kappa shape index (κ1) is 35.4. The third kappa shape index (κ3) is 6.60. The van der Waals surface area contributed by atoms with Gasteiger partial charge in [0.15, 0.2) is 0 Å². The van der Waals surface area contributed by atoms with Crippen LogP contribution in [-0.2, 0) is 32.0 Å². The number of aromatic nitrogens is 6. The van der Waals surface area contributed by atoms with E-state index < -0.39 is 21.3 Å². The minimum Gasteiger partial charge on any atom is -0.456 e. The number of benzene rings is 2. The molecular formula is C38H32Cl4N6O5. The number of hydrogen-bond acceptors (Lipinski definition) is 9. The highest BCUT2D eigenvalue weighted by Gasteiger charge is 2.57. The minimum absolute atomic E-state index is 0.219. The van der Waals surface area contributed by atoms with Crippen LogP contribution in [0, 0.1) is 0 Å². The van der Waals surface area contributed by atoms with Crippen LogP contribution in [0.2, 0.25) is 10.0 Å². The van der Waals surface area contributed by atoms with Gasteiger partial charge in [0.25, 0.3) is 11.6 Å². The van der Waals surface area contributed by atoms with Crippen molar-refractivity contribution in [3.63, 3.8) is 0 Å². The lowest BCUT2D eigenvalue weighted by atomic mass is 9.85. The van der Waals surface area contributed by atoms with E-state index in [2.05, 4.69) is 20.2 Å². The Labute approximate surface area is 325 Å². The van der Waals surface area contributed by atoms with Crippen LogP contribution >= 0.6 is 46.4 Å². The Morgan fingerprint density at radius 3 is 1.49 bits per heavy atom. The van der Waals surface area contributed by atoms with Crippen molar-refractivity contribution in [2.45, 2.75) is 61.1 Å². The van der Waals surface area contributed by atoms with Gasteiger partial charge in [0, 0.05) is 21.2 Å². The van der Waals surface area contributed by atoms with Crippen LogP contribution in [0.25, 0.3) is 11.1 Å². The summed E-state index contributed by atoms with van der Waals surface area (Å²) < 4.78 is 34.6. The fourth-order valence-corrected chi connectivity index (χ4v) is 7.66. The topological polar surface area (TPSA) is 108 Å². The smallest absolute Gasteiger partial charge is 0.293 e. The molecule has 0 fully saturated rings. The van der Waals surface area contributed by atoms with Crippen molar-refractivity contribution in [2.24, 2.45) is 0 Å². The van der Waals surface area contributed by atoms with E-state index in [1.165, 1.54) is 12.7 Å². The summed E-state index contributed by atoms with van der Waals surface area (Å²) in [4.78, 5) is 5.96. The summed E-state index contributed by atoms with van der Waals surface area (Å²) in [6.45, 7) is 4.07. The summed E-state index contributed by atoms with van der Waals surface area (Å²) in [5.41, 5.74) is 3.25. The average Bonchev–Trinajstić information content (AvgIpc) is 3.98. The molecule has 8 rings (SSSR count). The van der Waals surface area contributed by atoms with Crippen LogP contribution in [0.1, 0.15) is 37.8 Å². The first-order valence-corrected chi connectivity index (χ1v) is 18.2. The van der Waals surface area contributed by atoms with Crippen molar-refractivity contribution in [3.8, 4) is 11.5 Å². The molecule has 0 amide bonds. The summed E-state index contributed by atoms with van der Waals surface area (Å²) in [5.74, 6) is -0.133. The van der Waals surface area contributed by atoms with Crippen molar-refractivity contribution < 1.29 is 23.7 Å². The molecule has 2 aromatic heterocycles. The van der Waals surface area contributed by atoms with E-state index in [0.29, 0.717) is 45.9 Å². The number of alkyl halides is 2. The van der Waals surface area contributed by atoms with Gasteiger partial charge < -0.3 is 23.7 Å². The number of allylic oxidation sites excluding steroid dienone is 8. The van der Waals surface area contributed by atoms with Crippen LogP contribution < -0.4 is 4.74 Å². The second kappa shape index (κ2) is 13.6. The largest absolute Gasteiger partial charge is 0.456 e. The lowest BCUT2D eigenvalue weighted by Crippen LogP contribution is -2.53. The molecular weight excluding hydrogens is 762 g/mol. The second-order valence-electron chi connectivity index (χ2n) is 13.1. The van der Waals surface area contributed by atoms with E-state index >= 15 is 0 Å². The lowest BCUT2D eigenvalue weighted by Gasteiger charge is -2.41. The number of rotatable bonds is 10. The van der Waals surface area contributed by atoms with Crippen molar-refractivity contribution >= 4 is 57.5 Å². The van der Waals surface area contributed by atoms with Gasteiger partial charge in [-0.25, -0.2) is 19.3 Å². The molecule has 0 saturated carbocycles. The molecule has 15 heteroatoms. The third-order valence-electron chi connectivity index (χ3n) is 9.44. The van der Waals surface area contributed by atoms with E-state index in [-0.39, 0.29) is 13.1 Å². The summed E-state index contributed by atoms with van der Waals surface area (Å²) in [5, 5.41) is 9.57. The SMILES string of the molecule is CC1=COC(Cn2cncn2)(C2(Cl)C=CC(c3cc(Cl)ccc3Oc3ccc(Cl)cc3C3=CCC(Cl)(C4(Cn5cncn5)OC=C(C)O4)C=C3)=CC2)O1. The Balaban J connectivity index is 1.06. The Kier molecular flexibility index (Phi) is 9.09. The normalized spacial score (nSPS) is 27.5. The summed E-state index contributed by atoms with van der Waals surface area (Å²) in [6, 6.07) is 11.0. The van der Waals surface area contributed by atoms with Crippen molar-refractivity contribution in [1.82, 2.24) is 29.5 Å². The highest BCUT2D eigenvalue weighted by atomic mass is 35.5. The molecule has 2 aliphatic carbocycles. The first-order valence-electron chi connectivity index (χ1n) is 16.6. The highest BCUT2D eigenvalue weighted by Crippen LogP contribution is 2.50. The van der Waals surface area contributed by atoms with Crippen LogP contribution in [-0.4, -0.2) is 50.9 Å². The van der Waals surface area contributed by atoms with Crippen LogP contribution in [0.5, 0.6) is 11.5 Å². The molecule has 0 N–H and O–H groups in total. The molecule has 4 aromatic rings. The van der Waals surface area contributed by atoms with Gasteiger partial charge >= 0.3 is 0 Å². The average molecular weight is 795 g/mol. The van der Waals surface area contributed by atoms with Crippen LogP contribution in [0.3, 0.4) is 0 Å². The fourth-order valence-electron chi connectivity index (χ4n) is 6.74. The number of ether oxygens (including phenoxy) is 5. The molecule has 0 radical (unpaired) electrons. The molecule has 4 unspecified atom stereocenters. The van der Waals surface area contributed by atoms with Gasteiger partial charge in [-0.1, -0.05) is 59.7 Å². The number of halogens is 4. The zero-order valence-corrected chi connectivity index (χ0v) is 31.5. The zero-order chi connectivity index (χ0) is 36.8. The van der Waals surface area contributed by atoms with Gasteiger partial charge in [0.1, 0.15) is 83.7 Å². The highest BCUT2D eigenvalue weighted by molar-refractivity contribution is 6.31. The van der Waals surface area contributed by atoms with Gasteiger partial charge in [-0.15, -0.1) is 23.2 Å². The van der Waals surface area contributed by atoms with E-state index in [0.717, 1.165) is 22.3 Å². The van der Waals surface area contributed by atoms with Crippen molar-refractivity contribution in [3.05, 3.63) is 143 Å². The summed E-state index contributed by atoms with van der Waals surface area (Å²) in [7, 11) is 0. The van der Waals surface area contributed by atoms with E-state index in [9.17, 15) is 0 Å². The Morgan fingerprint density at radius 1 is 0.698 bits per heavy atom. The van der Waals surface area contributed by atoms with Crippen LogP contribution in [0.4, 0.5) is 0 Å². The standard InChI is InChI=1S/C38H32Cl4N6O5/c1-25-17-49-37(52-25,19-47-23-43-21-45-47)35(41)11-7-27(8-12-35)31-15-29(39)3-5-33(31)51-34-6-4-30(40)16-32(34)28-9-13-36(42,14-10-28)38(50-18-26(2)53-38)20-48-24-44-22-46-48/h3-11,13,15-18,21-24H,12,14,19-20H2,1-2H3. The monoisotopic (exact) mass is 792 g/mol. The Morgan fingerprint density at radius 2 is 1.15 bits per heavy atom. The van der Waals surface area contributed by atoms with Gasteiger partial charge in [0.2, 0.25) is 0 Å². The molecule has 272 valence electrons. The second-order valence-corrected chi connectivity index (χ2v) is 15.3. The minimum atomic E-state index is -1.25. The lowest BCUT2D eigenvalue weighted by molar-refractivity contribution is -0.177. The number of hydrogen-bond donors (Lipinski definition) is 0. The van der Waals surface area contributed by atoms with Gasteiger partial charge in [0.05, 0.1) is 0 Å². The quantitative estimate of drug-likeness (QED) is 0.145. The predicted molar refractivity (Wildman–Crippen MR) is 201 cm³/mol. The summed E-state index contributed by atoms with van der Waals surface area (Å²) in [6.07, 6.45) is 21.6. The first-order chi connectivity index (χ1) is 25.5. The van der Waals surface area contributed by atoms with Crippen LogP contribution in [0.15, 0.2) is 122 Å². The van der Waals surface area contributed by atoms with Crippen molar-refractivity contribution in [1.29, 1.82) is 0 Å². The maximum absolute atomic E-state index is 7.31. The zero-order valence-electron chi connectivity index (χ0n) is 28.5. The van der Waals surface area contributed by atoms with E-state index in [1.54, 1.807) is 46.7 Å². The van der Waals surface area contributed by atoms with Gasteiger partial charge in [-0.2, -0.15) is 10.2 Å². The van der Waals surface area contributed by atoms with Gasteiger partial charge in [-0.05, 0) is 74.2 Å². The Bertz CT molecular complexity index is 2080. The molecule has 0 spiro atoms. The predicted octanol–water partition coefficient (Wildman–Crippen LogP) is 9.22. The molecule has 2 aliphatic heterocycles. The maximum atomic E-state index is 7.31. The van der Waals surface area contributed by atoms with E-state index in [4.69, 9.17) is 70.1 Å². The third-order valence-corrected chi connectivity index (χ3v) is 11.0. The molecule has 0 bridgehead atoms.